The summed E-state index contributed by atoms with van der Waals surface area (Å²) in [5.41, 5.74) is 1.35. The molecule has 0 aromatic heterocycles. The maximum atomic E-state index is 13.8. The van der Waals surface area contributed by atoms with Gasteiger partial charge in [-0.3, -0.25) is 4.79 Å². The normalized spacial score (nSPS) is 24.4. The molecule has 1 unspecified atom stereocenters. The number of hydrogen-bond acceptors (Lipinski definition) is 3. The highest BCUT2D eigenvalue weighted by atomic mass is 32.2. The summed E-state index contributed by atoms with van der Waals surface area (Å²) >= 11 is 0. The van der Waals surface area contributed by atoms with E-state index in [0.29, 0.717) is 18.4 Å². The number of rotatable bonds is 3. The lowest BCUT2D eigenvalue weighted by Gasteiger charge is -2.24. The number of aryl methyl sites for hydroxylation is 1. The van der Waals surface area contributed by atoms with Crippen LogP contribution in [0.25, 0.3) is 0 Å². The summed E-state index contributed by atoms with van der Waals surface area (Å²) in [7, 11) is -1.23. The molecule has 126 valence electrons. The second kappa shape index (κ2) is 5.58. The van der Waals surface area contributed by atoms with Crippen LogP contribution in [0.3, 0.4) is 0 Å². The van der Waals surface area contributed by atoms with Gasteiger partial charge in [0.1, 0.15) is 15.7 Å². The first-order valence-electron chi connectivity index (χ1n) is 7.93. The molecule has 6 heteroatoms. The summed E-state index contributed by atoms with van der Waals surface area (Å²) in [6.07, 6.45) is 1.93. The molecule has 1 amide bonds. The van der Waals surface area contributed by atoms with E-state index in [0.717, 1.165) is 12.0 Å². The number of nitrogens with zero attached hydrogens (tertiary/aromatic N) is 1. The molecular weight excluding hydrogens is 317 g/mol. The number of benzene rings is 1. The lowest BCUT2D eigenvalue weighted by atomic mass is 9.96. The third-order valence-electron chi connectivity index (χ3n) is 5.29. The molecule has 1 saturated carbocycles. The van der Waals surface area contributed by atoms with Gasteiger partial charge >= 0.3 is 0 Å². The zero-order chi connectivity index (χ0) is 16.8. The third kappa shape index (κ3) is 3.27. The van der Waals surface area contributed by atoms with Crippen molar-refractivity contribution < 1.29 is 17.6 Å². The molecule has 1 aliphatic carbocycles. The van der Waals surface area contributed by atoms with Crippen LogP contribution < -0.4 is 0 Å². The van der Waals surface area contributed by atoms with E-state index in [-0.39, 0.29) is 41.1 Å². The Labute approximate surface area is 136 Å². The molecule has 1 atom stereocenters. The first kappa shape index (κ1) is 16.4. The van der Waals surface area contributed by atoms with Crippen LogP contribution in [0.2, 0.25) is 0 Å². The van der Waals surface area contributed by atoms with E-state index >= 15 is 0 Å². The molecular formula is C17H22FNO3S. The van der Waals surface area contributed by atoms with Gasteiger partial charge in [-0.15, -0.1) is 0 Å². The van der Waals surface area contributed by atoms with E-state index in [1.54, 1.807) is 24.1 Å². The highest BCUT2D eigenvalue weighted by Gasteiger charge is 2.59. The Morgan fingerprint density at radius 1 is 1.35 bits per heavy atom. The predicted molar refractivity (Wildman–Crippen MR) is 86.0 cm³/mol. The summed E-state index contributed by atoms with van der Waals surface area (Å²) in [5.74, 6) is -0.0226. The van der Waals surface area contributed by atoms with Gasteiger partial charge in [-0.2, -0.15) is 0 Å². The maximum Gasteiger partial charge on any atom is 0.226 e. The van der Waals surface area contributed by atoms with Crippen molar-refractivity contribution >= 4 is 15.7 Å². The Kier molecular flexibility index (Phi) is 3.99. The fraction of sp³-hybridized carbons (Fsp3) is 0.588. The molecule has 1 saturated heterocycles. The van der Waals surface area contributed by atoms with Crippen LogP contribution in [0.5, 0.6) is 0 Å². The smallest absolute Gasteiger partial charge is 0.226 e. The van der Waals surface area contributed by atoms with E-state index in [9.17, 15) is 17.6 Å². The minimum absolute atomic E-state index is 0.00482. The Balaban J connectivity index is 1.64. The predicted octanol–water partition coefficient (Wildman–Crippen LogP) is 2.31. The molecule has 0 bridgehead atoms. The summed E-state index contributed by atoms with van der Waals surface area (Å²) in [6.45, 7) is 2.14. The molecule has 4 nitrogen and oxygen atoms in total. The van der Waals surface area contributed by atoms with Gasteiger partial charge in [0.15, 0.2) is 0 Å². The molecule has 2 aliphatic rings. The first-order chi connectivity index (χ1) is 10.7. The third-order valence-corrected chi connectivity index (χ3v) is 6.95. The van der Waals surface area contributed by atoms with Gasteiger partial charge < -0.3 is 4.90 Å². The van der Waals surface area contributed by atoms with Crippen molar-refractivity contribution in [2.45, 2.75) is 32.7 Å². The maximum absolute atomic E-state index is 13.8. The van der Waals surface area contributed by atoms with Crippen molar-refractivity contribution in [3.63, 3.8) is 0 Å². The number of hydrogen-bond donors (Lipinski definition) is 0. The van der Waals surface area contributed by atoms with Crippen molar-refractivity contribution in [1.82, 2.24) is 4.90 Å². The zero-order valence-electron chi connectivity index (χ0n) is 13.5. The molecule has 23 heavy (non-hydrogen) atoms. The number of halogens is 1. The van der Waals surface area contributed by atoms with Crippen LogP contribution in [0.4, 0.5) is 4.39 Å². The van der Waals surface area contributed by atoms with Crippen LogP contribution in [0, 0.1) is 24.1 Å². The lowest BCUT2D eigenvalue weighted by Crippen LogP contribution is -2.32. The van der Waals surface area contributed by atoms with Crippen LogP contribution in [-0.2, 0) is 21.2 Å². The second-order valence-corrected chi connectivity index (χ2v) is 9.36. The van der Waals surface area contributed by atoms with E-state index in [1.807, 2.05) is 6.92 Å². The van der Waals surface area contributed by atoms with E-state index < -0.39 is 9.84 Å². The van der Waals surface area contributed by atoms with Crippen molar-refractivity contribution in [3.8, 4) is 0 Å². The first-order valence-corrected chi connectivity index (χ1v) is 9.75. The van der Waals surface area contributed by atoms with Crippen LogP contribution in [0.1, 0.15) is 30.4 Å². The second-order valence-electron chi connectivity index (χ2n) is 7.06. The van der Waals surface area contributed by atoms with Crippen LogP contribution >= 0.6 is 0 Å². The number of carbonyl (C=O) groups excluding carboxylic acids is 1. The van der Waals surface area contributed by atoms with Crippen molar-refractivity contribution in [2.75, 3.05) is 18.6 Å². The van der Waals surface area contributed by atoms with Crippen molar-refractivity contribution in [2.24, 2.45) is 11.3 Å². The molecule has 1 spiro atoms. The van der Waals surface area contributed by atoms with E-state index in [1.165, 1.54) is 6.07 Å². The van der Waals surface area contributed by atoms with Gasteiger partial charge in [-0.25, -0.2) is 12.8 Å². The van der Waals surface area contributed by atoms with Gasteiger partial charge in [0.05, 0.1) is 11.5 Å². The number of carbonyl (C=O) groups is 1. The van der Waals surface area contributed by atoms with E-state index in [4.69, 9.17) is 0 Å². The summed E-state index contributed by atoms with van der Waals surface area (Å²) < 4.78 is 36.9. The monoisotopic (exact) mass is 339 g/mol. The van der Waals surface area contributed by atoms with Gasteiger partial charge in [0.25, 0.3) is 0 Å². The average molecular weight is 339 g/mol. The van der Waals surface area contributed by atoms with Crippen molar-refractivity contribution in [3.05, 3.63) is 35.1 Å². The standard InChI is InChI=1S/C17H22FNO3S/c1-12-3-4-15(18)13(9-12)11-19(2)16(20)14-10-17(14)5-7-23(21,22)8-6-17/h3-4,9,14H,5-8,10-11H2,1-2H3. The summed E-state index contributed by atoms with van der Waals surface area (Å²) in [5, 5.41) is 0. The van der Waals surface area contributed by atoms with Gasteiger partial charge in [-0.1, -0.05) is 17.7 Å². The fourth-order valence-corrected chi connectivity index (χ4v) is 5.26. The number of sulfone groups is 1. The fourth-order valence-electron chi connectivity index (χ4n) is 3.62. The molecule has 1 heterocycles. The average Bonchev–Trinajstić information content (AvgIpc) is 3.20. The molecule has 0 N–H and O–H groups in total. The summed E-state index contributed by atoms with van der Waals surface area (Å²) in [6, 6.07) is 4.89. The molecule has 2 fully saturated rings. The van der Waals surface area contributed by atoms with Gasteiger partial charge in [0.2, 0.25) is 5.91 Å². The molecule has 0 radical (unpaired) electrons. The Morgan fingerprint density at radius 3 is 2.65 bits per heavy atom. The molecule has 1 aromatic rings. The molecule has 3 rings (SSSR count). The Hall–Kier alpha value is -1.43. The highest BCUT2D eigenvalue weighted by Crippen LogP contribution is 2.60. The minimum Gasteiger partial charge on any atom is -0.341 e. The topological polar surface area (TPSA) is 54.5 Å². The lowest BCUT2D eigenvalue weighted by molar-refractivity contribution is -0.132. The van der Waals surface area contributed by atoms with E-state index in [2.05, 4.69) is 0 Å². The SMILES string of the molecule is Cc1ccc(F)c(CN(C)C(=O)C2CC23CCS(=O)(=O)CC3)c1. The zero-order valence-corrected chi connectivity index (χ0v) is 14.3. The van der Waals surface area contributed by atoms with Crippen LogP contribution in [0.15, 0.2) is 18.2 Å². The summed E-state index contributed by atoms with van der Waals surface area (Å²) in [4.78, 5) is 14.2. The highest BCUT2D eigenvalue weighted by molar-refractivity contribution is 7.91. The van der Waals surface area contributed by atoms with Crippen molar-refractivity contribution in [1.29, 1.82) is 0 Å². The Morgan fingerprint density at radius 2 is 2.00 bits per heavy atom. The Bertz CT molecular complexity index is 730. The largest absolute Gasteiger partial charge is 0.341 e. The minimum atomic E-state index is -2.92. The molecule has 1 aromatic carbocycles. The van der Waals surface area contributed by atoms with Gasteiger partial charge in [-0.05, 0) is 37.7 Å². The van der Waals surface area contributed by atoms with Gasteiger partial charge in [0, 0.05) is 25.1 Å². The quantitative estimate of drug-likeness (QED) is 0.849. The number of amides is 1. The van der Waals surface area contributed by atoms with Crippen LogP contribution in [-0.4, -0.2) is 37.8 Å². The molecule has 1 aliphatic heterocycles.